The number of likely N-dealkylation sites (N-methyl/N-ethyl adjacent to an activating group) is 1. The molecule has 1 aliphatic heterocycles. The summed E-state index contributed by atoms with van der Waals surface area (Å²) in [5, 5.41) is 21.7. The Morgan fingerprint density at radius 2 is 1.90 bits per heavy atom. The molecule has 0 radical (unpaired) electrons. The first kappa shape index (κ1) is 16.7. The number of hydrogen-bond acceptors (Lipinski definition) is 4. The van der Waals surface area contributed by atoms with Crippen LogP contribution < -0.4 is 5.32 Å². The zero-order valence-electron chi connectivity index (χ0n) is 12.3. The zero-order valence-corrected chi connectivity index (χ0v) is 12.3. The fourth-order valence-corrected chi connectivity index (χ4v) is 2.26. The van der Waals surface area contributed by atoms with Crippen LogP contribution in [0.1, 0.15) is 26.7 Å². The number of ether oxygens (including phenoxy) is 1. The molecule has 1 heterocycles. The largest absolute Gasteiger partial charge is 0.481 e. The lowest BCUT2D eigenvalue weighted by Gasteiger charge is -2.34. The van der Waals surface area contributed by atoms with E-state index in [1.165, 1.54) is 4.90 Å². The van der Waals surface area contributed by atoms with Crippen LogP contribution >= 0.6 is 0 Å². The van der Waals surface area contributed by atoms with Gasteiger partial charge in [-0.2, -0.15) is 0 Å². The number of carboxylic acid groups (broad SMARTS) is 1. The highest BCUT2D eigenvalue weighted by molar-refractivity contribution is 5.78. The van der Waals surface area contributed by atoms with Gasteiger partial charge < -0.3 is 25.2 Å². The SMILES string of the molecule is CN(CC(C)(C)O)C(=O)NCC1(C(=O)O)CCOCC1. The first-order chi connectivity index (χ1) is 9.16. The van der Waals surface area contributed by atoms with Crippen molar-refractivity contribution in [2.45, 2.75) is 32.3 Å². The summed E-state index contributed by atoms with van der Waals surface area (Å²) in [6.45, 7) is 4.23. The first-order valence-corrected chi connectivity index (χ1v) is 6.69. The Hall–Kier alpha value is -1.34. The molecule has 0 aromatic heterocycles. The molecular weight excluding hydrogens is 264 g/mol. The van der Waals surface area contributed by atoms with Crippen LogP contribution in [-0.4, -0.2) is 66.1 Å². The molecule has 0 bridgehead atoms. The highest BCUT2D eigenvalue weighted by atomic mass is 16.5. The van der Waals surface area contributed by atoms with Crippen LogP contribution in [0.4, 0.5) is 4.79 Å². The second-order valence-electron chi connectivity index (χ2n) is 6.03. The van der Waals surface area contributed by atoms with E-state index in [0.29, 0.717) is 26.1 Å². The molecule has 1 aliphatic rings. The molecule has 20 heavy (non-hydrogen) atoms. The Kier molecular flexibility index (Phi) is 5.35. The van der Waals surface area contributed by atoms with Crippen molar-refractivity contribution in [2.75, 3.05) is 33.4 Å². The molecular formula is C13H24N2O5. The molecule has 3 N–H and O–H groups in total. The smallest absolute Gasteiger partial charge is 0.317 e. The number of hydrogen-bond donors (Lipinski definition) is 3. The van der Waals surface area contributed by atoms with Crippen molar-refractivity contribution in [2.24, 2.45) is 5.41 Å². The van der Waals surface area contributed by atoms with Gasteiger partial charge >= 0.3 is 12.0 Å². The van der Waals surface area contributed by atoms with Crippen LogP contribution in [0.25, 0.3) is 0 Å². The lowest BCUT2D eigenvalue weighted by atomic mass is 9.80. The summed E-state index contributed by atoms with van der Waals surface area (Å²) in [7, 11) is 1.56. The number of rotatable bonds is 5. The van der Waals surface area contributed by atoms with Crippen LogP contribution in [0.5, 0.6) is 0 Å². The number of aliphatic hydroxyl groups is 1. The third-order valence-electron chi connectivity index (χ3n) is 3.45. The van der Waals surface area contributed by atoms with Crippen LogP contribution in [0.2, 0.25) is 0 Å². The molecule has 0 aromatic rings. The topological polar surface area (TPSA) is 99.1 Å². The van der Waals surface area contributed by atoms with Gasteiger partial charge in [0.25, 0.3) is 0 Å². The second kappa shape index (κ2) is 6.41. The maximum Gasteiger partial charge on any atom is 0.317 e. The monoisotopic (exact) mass is 288 g/mol. The minimum Gasteiger partial charge on any atom is -0.481 e. The molecule has 7 nitrogen and oxygen atoms in total. The van der Waals surface area contributed by atoms with Gasteiger partial charge in [-0.15, -0.1) is 0 Å². The number of urea groups is 1. The van der Waals surface area contributed by atoms with Crippen molar-refractivity contribution in [3.8, 4) is 0 Å². The van der Waals surface area contributed by atoms with E-state index in [2.05, 4.69) is 5.32 Å². The summed E-state index contributed by atoms with van der Waals surface area (Å²) < 4.78 is 5.18. The standard InChI is InChI=1S/C13H24N2O5/c1-12(2,19)9-15(3)11(18)14-8-13(10(16)17)4-6-20-7-5-13/h19H,4-9H2,1-3H3,(H,14,18)(H,16,17). The zero-order chi connectivity index (χ0) is 15.4. The van der Waals surface area contributed by atoms with E-state index in [-0.39, 0.29) is 19.1 Å². The van der Waals surface area contributed by atoms with Crippen LogP contribution in [0, 0.1) is 5.41 Å². The molecule has 0 spiro atoms. The average Bonchev–Trinajstić information content (AvgIpc) is 2.34. The Morgan fingerprint density at radius 1 is 1.35 bits per heavy atom. The van der Waals surface area contributed by atoms with Gasteiger partial charge in [0.15, 0.2) is 0 Å². The fourth-order valence-electron chi connectivity index (χ4n) is 2.26. The third kappa shape index (κ3) is 4.64. The number of nitrogens with zero attached hydrogens (tertiary/aromatic N) is 1. The third-order valence-corrected chi connectivity index (χ3v) is 3.45. The molecule has 0 saturated carbocycles. The van der Waals surface area contributed by atoms with Crippen LogP contribution in [0.3, 0.4) is 0 Å². The van der Waals surface area contributed by atoms with Crippen molar-refractivity contribution < 1.29 is 24.5 Å². The maximum atomic E-state index is 11.9. The van der Waals surface area contributed by atoms with Crippen molar-refractivity contribution in [1.29, 1.82) is 0 Å². The fraction of sp³-hybridized carbons (Fsp3) is 0.846. The van der Waals surface area contributed by atoms with Gasteiger partial charge in [0.1, 0.15) is 0 Å². The Labute approximate surface area is 118 Å². The first-order valence-electron chi connectivity index (χ1n) is 6.69. The molecule has 0 atom stereocenters. The lowest BCUT2D eigenvalue weighted by molar-refractivity contribution is -0.154. The lowest BCUT2D eigenvalue weighted by Crippen LogP contribution is -2.50. The summed E-state index contributed by atoms with van der Waals surface area (Å²) in [6.07, 6.45) is 0.773. The molecule has 0 aliphatic carbocycles. The van der Waals surface area contributed by atoms with E-state index in [1.807, 2.05) is 0 Å². The number of aliphatic carboxylic acids is 1. The number of carbonyl (C=O) groups excluding carboxylic acids is 1. The van der Waals surface area contributed by atoms with Gasteiger partial charge in [-0.25, -0.2) is 4.79 Å². The minimum absolute atomic E-state index is 0.0702. The van der Waals surface area contributed by atoms with Crippen molar-refractivity contribution in [1.82, 2.24) is 10.2 Å². The number of nitrogens with one attached hydrogen (secondary N) is 1. The molecule has 116 valence electrons. The van der Waals surface area contributed by atoms with E-state index in [4.69, 9.17) is 4.74 Å². The highest BCUT2D eigenvalue weighted by Crippen LogP contribution is 2.30. The van der Waals surface area contributed by atoms with E-state index in [0.717, 1.165) is 0 Å². The predicted octanol–water partition coefficient (Wildman–Crippen LogP) is 0.280. The summed E-state index contributed by atoms with van der Waals surface area (Å²) in [5.41, 5.74) is -1.95. The normalized spacial score (nSPS) is 18.4. The van der Waals surface area contributed by atoms with E-state index < -0.39 is 17.0 Å². The quantitative estimate of drug-likeness (QED) is 0.675. The number of amides is 2. The molecule has 0 aromatic carbocycles. The van der Waals surface area contributed by atoms with Gasteiger partial charge in [-0.3, -0.25) is 4.79 Å². The maximum absolute atomic E-state index is 11.9. The molecule has 1 saturated heterocycles. The van der Waals surface area contributed by atoms with E-state index >= 15 is 0 Å². The van der Waals surface area contributed by atoms with Gasteiger partial charge in [0.05, 0.1) is 17.6 Å². The minimum atomic E-state index is -0.991. The van der Waals surface area contributed by atoms with Gasteiger partial charge in [-0.1, -0.05) is 0 Å². The van der Waals surface area contributed by atoms with Crippen molar-refractivity contribution in [3.63, 3.8) is 0 Å². The molecule has 7 heteroatoms. The second-order valence-corrected chi connectivity index (χ2v) is 6.03. The summed E-state index contributed by atoms with van der Waals surface area (Å²) >= 11 is 0. The summed E-state index contributed by atoms with van der Waals surface area (Å²) in [5.74, 6) is -0.911. The van der Waals surface area contributed by atoms with Gasteiger partial charge in [-0.05, 0) is 26.7 Å². The molecule has 2 amide bonds. The Balaban J connectivity index is 2.55. The average molecular weight is 288 g/mol. The van der Waals surface area contributed by atoms with Gasteiger partial charge in [0.2, 0.25) is 0 Å². The predicted molar refractivity (Wildman–Crippen MR) is 72.4 cm³/mol. The Morgan fingerprint density at radius 3 is 2.35 bits per heavy atom. The molecule has 1 rings (SSSR count). The summed E-state index contributed by atoms with van der Waals surface area (Å²) in [6, 6.07) is -0.390. The molecule has 1 fully saturated rings. The van der Waals surface area contributed by atoms with Crippen LogP contribution in [0.15, 0.2) is 0 Å². The van der Waals surface area contributed by atoms with Crippen molar-refractivity contribution in [3.05, 3.63) is 0 Å². The molecule has 0 unspecified atom stereocenters. The van der Waals surface area contributed by atoms with Gasteiger partial charge in [0, 0.05) is 26.8 Å². The van der Waals surface area contributed by atoms with Crippen LogP contribution in [-0.2, 0) is 9.53 Å². The Bertz CT molecular complexity index is 358. The summed E-state index contributed by atoms with van der Waals surface area (Å²) in [4.78, 5) is 24.7. The van der Waals surface area contributed by atoms with E-state index in [1.54, 1.807) is 20.9 Å². The highest BCUT2D eigenvalue weighted by Gasteiger charge is 2.40. The van der Waals surface area contributed by atoms with Crippen molar-refractivity contribution >= 4 is 12.0 Å². The number of carboxylic acids is 1. The number of carbonyl (C=O) groups is 2. The van der Waals surface area contributed by atoms with E-state index in [9.17, 15) is 19.8 Å².